The van der Waals surface area contributed by atoms with Crippen LogP contribution in [0.1, 0.15) is 16.7 Å². The molecule has 0 aliphatic carbocycles. The number of nitrogens with one attached hydrogen (secondary N) is 1. The summed E-state index contributed by atoms with van der Waals surface area (Å²) in [4.78, 5) is 12.7. The van der Waals surface area contributed by atoms with Crippen LogP contribution in [-0.2, 0) is 21.4 Å². The van der Waals surface area contributed by atoms with Gasteiger partial charge in [0.2, 0.25) is 10.0 Å². The molecule has 184 valence electrons. The SMILES string of the molecule is COc1ccc(/C=N\NC(=O)CN(Cc2ccc(F)cc2)S(=O)(=O)c2ccc(C)cc2)c(OC)c1. The molecule has 0 aliphatic rings. The van der Waals surface area contributed by atoms with Gasteiger partial charge in [-0.15, -0.1) is 0 Å². The van der Waals surface area contributed by atoms with Crippen LogP contribution in [0.15, 0.2) is 76.7 Å². The van der Waals surface area contributed by atoms with Gasteiger partial charge in [-0.1, -0.05) is 29.8 Å². The molecule has 0 atom stereocenters. The van der Waals surface area contributed by atoms with Crippen molar-refractivity contribution >= 4 is 22.1 Å². The average molecular weight is 500 g/mol. The lowest BCUT2D eigenvalue weighted by molar-refractivity contribution is -0.121. The monoisotopic (exact) mass is 499 g/mol. The maximum atomic E-state index is 13.3. The van der Waals surface area contributed by atoms with Gasteiger partial charge in [-0.05, 0) is 48.9 Å². The first kappa shape index (κ1) is 25.9. The number of hydrogen-bond acceptors (Lipinski definition) is 6. The summed E-state index contributed by atoms with van der Waals surface area (Å²) in [5.41, 5.74) is 4.36. The Kier molecular flexibility index (Phi) is 8.56. The Labute approximate surface area is 204 Å². The van der Waals surface area contributed by atoms with Crippen LogP contribution in [0.2, 0.25) is 0 Å². The molecule has 35 heavy (non-hydrogen) atoms. The Morgan fingerprint density at radius 1 is 1.03 bits per heavy atom. The molecule has 0 fully saturated rings. The molecule has 8 nitrogen and oxygen atoms in total. The number of halogens is 1. The molecule has 0 aliphatic heterocycles. The molecule has 0 saturated carbocycles. The van der Waals surface area contributed by atoms with Crippen LogP contribution in [0.4, 0.5) is 4.39 Å². The first-order valence-electron chi connectivity index (χ1n) is 10.6. The number of rotatable bonds is 10. The minimum Gasteiger partial charge on any atom is -0.497 e. The minimum atomic E-state index is -4.02. The molecule has 0 aromatic heterocycles. The summed E-state index contributed by atoms with van der Waals surface area (Å²) in [5.74, 6) is -0.00252. The van der Waals surface area contributed by atoms with E-state index in [9.17, 15) is 17.6 Å². The molecule has 1 N–H and O–H groups in total. The number of hydrogen-bond donors (Lipinski definition) is 1. The molecule has 1 amide bonds. The molecule has 3 aromatic carbocycles. The van der Waals surface area contributed by atoms with E-state index < -0.39 is 28.3 Å². The van der Waals surface area contributed by atoms with Gasteiger partial charge in [0.05, 0.1) is 31.9 Å². The number of carbonyl (C=O) groups is 1. The Balaban J connectivity index is 1.79. The number of benzene rings is 3. The van der Waals surface area contributed by atoms with Gasteiger partial charge in [-0.2, -0.15) is 9.41 Å². The van der Waals surface area contributed by atoms with Crippen molar-refractivity contribution in [3.8, 4) is 11.5 Å². The van der Waals surface area contributed by atoms with Gasteiger partial charge in [0, 0.05) is 18.2 Å². The van der Waals surface area contributed by atoms with Crippen LogP contribution in [0.3, 0.4) is 0 Å². The standard InChI is InChI=1S/C25H26FN3O5S/c1-18-4-12-23(13-5-18)35(31,32)29(16-19-6-9-21(26)10-7-19)17-25(30)28-27-15-20-8-11-22(33-2)14-24(20)34-3/h4-15H,16-17H2,1-3H3,(H,28,30)/b27-15-. The van der Waals surface area contributed by atoms with Crippen LogP contribution >= 0.6 is 0 Å². The molecular formula is C25H26FN3O5S. The van der Waals surface area contributed by atoms with Crippen LogP contribution in [0.25, 0.3) is 0 Å². The number of amides is 1. The fourth-order valence-electron chi connectivity index (χ4n) is 3.17. The van der Waals surface area contributed by atoms with Crippen LogP contribution in [0, 0.1) is 12.7 Å². The van der Waals surface area contributed by atoms with Crippen LogP contribution in [0.5, 0.6) is 11.5 Å². The van der Waals surface area contributed by atoms with Gasteiger partial charge in [-0.25, -0.2) is 18.2 Å². The van der Waals surface area contributed by atoms with Crippen molar-refractivity contribution in [1.82, 2.24) is 9.73 Å². The van der Waals surface area contributed by atoms with Crippen molar-refractivity contribution in [2.75, 3.05) is 20.8 Å². The lowest BCUT2D eigenvalue weighted by atomic mass is 10.2. The molecule has 3 rings (SSSR count). The second-order valence-electron chi connectivity index (χ2n) is 7.61. The molecule has 0 unspecified atom stereocenters. The van der Waals surface area contributed by atoms with Crippen molar-refractivity contribution in [3.63, 3.8) is 0 Å². The number of methoxy groups -OCH3 is 2. The zero-order valence-electron chi connectivity index (χ0n) is 19.6. The third-order valence-electron chi connectivity index (χ3n) is 5.08. The Morgan fingerprint density at radius 3 is 2.34 bits per heavy atom. The third kappa shape index (κ3) is 6.87. The van der Waals surface area contributed by atoms with Gasteiger partial charge in [0.25, 0.3) is 5.91 Å². The van der Waals surface area contributed by atoms with Crippen LogP contribution < -0.4 is 14.9 Å². The van der Waals surface area contributed by atoms with Gasteiger partial charge < -0.3 is 9.47 Å². The maximum Gasteiger partial charge on any atom is 0.255 e. The van der Waals surface area contributed by atoms with Crippen LogP contribution in [-0.4, -0.2) is 45.6 Å². The third-order valence-corrected chi connectivity index (χ3v) is 6.89. The van der Waals surface area contributed by atoms with Gasteiger partial charge in [-0.3, -0.25) is 4.79 Å². The topological polar surface area (TPSA) is 97.3 Å². The van der Waals surface area contributed by atoms with Crippen molar-refractivity contribution in [3.05, 3.63) is 89.2 Å². The average Bonchev–Trinajstić information content (AvgIpc) is 2.85. The highest BCUT2D eigenvalue weighted by atomic mass is 32.2. The van der Waals surface area contributed by atoms with E-state index in [1.165, 1.54) is 56.8 Å². The summed E-state index contributed by atoms with van der Waals surface area (Å²) < 4.78 is 51.4. The number of hydrazone groups is 1. The normalized spacial score (nSPS) is 11.6. The van der Waals surface area contributed by atoms with Gasteiger partial charge in [0.15, 0.2) is 0 Å². The van der Waals surface area contributed by atoms with E-state index >= 15 is 0 Å². The van der Waals surface area contributed by atoms with Crippen molar-refractivity contribution in [1.29, 1.82) is 0 Å². The summed E-state index contributed by atoms with van der Waals surface area (Å²) >= 11 is 0. The predicted molar refractivity (Wildman–Crippen MR) is 130 cm³/mol. The lowest BCUT2D eigenvalue weighted by Crippen LogP contribution is -2.39. The van der Waals surface area contributed by atoms with Crippen molar-refractivity contribution in [2.24, 2.45) is 5.10 Å². The van der Waals surface area contributed by atoms with E-state index in [1.54, 1.807) is 30.3 Å². The first-order valence-corrected chi connectivity index (χ1v) is 12.0. The van der Waals surface area contributed by atoms with E-state index in [-0.39, 0.29) is 11.4 Å². The molecule has 0 heterocycles. The summed E-state index contributed by atoms with van der Waals surface area (Å²) in [6, 6.07) is 16.8. The number of nitrogens with zero attached hydrogens (tertiary/aromatic N) is 2. The number of carbonyl (C=O) groups excluding carboxylic acids is 1. The summed E-state index contributed by atoms with van der Waals surface area (Å²) in [6.07, 6.45) is 1.38. The lowest BCUT2D eigenvalue weighted by Gasteiger charge is -2.21. The Morgan fingerprint density at radius 2 is 1.71 bits per heavy atom. The van der Waals surface area contributed by atoms with Crippen molar-refractivity contribution in [2.45, 2.75) is 18.4 Å². The highest BCUT2D eigenvalue weighted by molar-refractivity contribution is 7.89. The molecule has 10 heteroatoms. The zero-order chi connectivity index (χ0) is 25.4. The summed E-state index contributed by atoms with van der Waals surface area (Å²) in [5, 5.41) is 3.93. The largest absolute Gasteiger partial charge is 0.497 e. The molecule has 0 saturated heterocycles. The zero-order valence-corrected chi connectivity index (χ0v) is 20.4. The van der Waals surface area contributed by atoms with Crippen molar-refractivity contribution < 1.29 is 27.1 Å². The Bertz CT molecular complexity index is 1290. The molecule has 0 bridgehead atoms. The van der Waals surface area contributed by atoms with E-state index in [0.717, 1.165) is 9.87 Å². The molecule has 0 radical (unpaired) electrons. The van der Waals surface area contributed by atoms with E-state index in [2.05, 4.69) is 10.5 Å². The predicted octanol–water partition coefficient (Wildman–Crippen LogP) is 3.49. The number of sulfonamides is 1. The molecule has 0 spiro atoms. The highest BCUT2D eigenvalue weighted by Crippen LogP contribution is 2.23. The minimum absolute atomic E-state index is 0.0458. The molecule has 3 aromatic rings. The Hall–Kier alpha value is -3.76. The second-order valence-corrected chi connectivity index (χ2v) is 9.55. The summed E-state index contributed by atoms with van der Waals surface area (Å²) in [7, 11) is -0.997. The fourth-order valence-corrected chi connectivity index (χ4v) is 4.56. The summed E-state index contributed by atoms with van der Waals surface area (Å²) in [6.45, 7) is 1.22. The smallest absolute Gasteiger partial charge is 0.255 e. The fraction of sp³-hybridized carbons (Fsp3) is 0.200. The first-order chi connectivity index (χ1) is 16.7. The second kappa shape index (κ2) is 11.6. The highest BCUT2D eigenvalue weighted by Gasteiger charge is 2.27. The maximum absolute atomic E-state index is 13.3. The van der Waals surface area contributed by atoms with E-state index in [4.69, 9.17) is 9.47 Å². The number of ether oxygens (including phenoxy) is 2. The van der Waals surface area contributed by atoms with E-state index in [0.29, 0.717) is 22.6 Å². The van der Waals surface area contributed by atoms with Gasteiger partial charge in [0.1, 0.15) is 17.3 Å². The molecular weight excluding hydrogens is 473 g/mol. The van der Waals surface area contributed by atoms with E-state index in [1.807, 2.05) is 6.92 Å². The number of aryl methyl sites for hydroxylation is 1. The quantitative estimate of drug-likeness (QED) is 0.340. The van der Waals surface area contributed by atoms with Gasteiger partial charge >= 0.3 is 0 Å².